The average molecular weight is 285 g/mol. The molecule has 1 aromatic carbocycles. The topological polar surface area (TPSA) is 38.0 Å². The fourth-order valence-electron chi connectivity index (χ4n) is 1.87. The van der Waals surface area contributed by atoms with Crippen molar-refractivity contribution in [1.82, 2.24) is 5.43 Å². The summed E-state index contributed by atoms with van der Waals surface area (Å²) in [5.41, 5.74) is 4.78. The van der Waals surface area contributed by atoms with Crippen molar-refractivity contribution in [2.45, 2.75) is 19.4 Å². The van der Waals surface area contributed by atoms with Crippen LogP contribution in [0.25, 0.3) is 0 Å². The lowest BCUT2D eigenvalue weighted by Crippen LogP contribution is -2.29. The van der Waals surface area contributed by atoms with Gasteiger partial charge in [-0.2, -0.15) is 0 Å². The highest BCUT2D eigenvalue weighted by molar-refractivity contribution is 7.16. The molecule has 1 atom stereocenters. The Morgan fingerprint density at radius 2 is 2.17 bits per heavy atom. The van der Waals surface area contributed by atoms with Crippen molar-refractivity contribution in [3.63, 3.8) is 0 Å². The lowest BCUT2D eigenvalue weighted by molar-refractivity contribution is 0.558. The van der Waals surface area contributed by atoms with Gasteiger partial charge in [0, 0.05) is 4.88 Å². The van der Waals surface area contributed by atoms with Gasteiger partial charge in [0.15, 0.2) is 0 Å². The second kappa shape index (κ2) is 5.80. The molecule has 1 heterocycles. The van der Waals surface area contributed by atoms with Crippen LogP contribution in [0.5, 0.6) is 0 Å². The molecule has 18 heavy (non-hydrogen) atoms. The van der Waals surface area contributed by atoms with E-state index in [0.717, 1.165) is 20.3 Å². The summed E-state index contributed by atoms with van der Waals surface area (Å²) in [5, 5.41) is 0. The number of nitrogens with one attached hydrogen (secondary N) is 1. The SMILES string of the molecule is Cc1cc(F)ccc1CC(NN)c1ccc(Cl)s1. The maximum absolute atomic E-state index is 13.0. The molecule has 0 bridgehead atoms. The molecule has 96 valence electrons. The van der Waals surface area contributed by atoms with E-state index in [9.17, 15) is 4.39 Å². The number of rotatable bonds is 4. The summed E-state index contributed by atoms with van der Waals surface area (Å²) in [6.07, 6.45) is 0.708. The molecule has 0 spiro atoms. The van der Waals surface area contributed by atoms with Gasteiger partial charge >= 0.3 is 0 Å². The monoisotopic (exact) mass is 284 g/mol. The van der Waals surface area contributed by atoms with Gasteiger partial charge in [-0.25, -0.2) is 4.39 Å². The summed E-state index contributed by atoms with van der Waals surface area (Å²) in [6.45, 7) is 1.90. The predicted octanol–water partition coefficient (Wildman–Crippen LogP) is 3.60. The zero-order valence-electron chi connectivity index (χ0n) is 9.91. The Balaban J connectivity index is 2.20. The zero-order valence-corrected chi connectivity index (χ0v) is 11.5. The van der Waals surface area contributed by atoms with Gasteiger partial charge in [0.05, 0.1) is 10.4 Å². The first kappa shape index (κ1) is 13.5. The number of hydrogen-bond donors (Lipinski definition) is 2. The largest absolute Gasteiger partial charge is 0.271 e. The minimum Gasteiger partial charge on any atom is -0.271 e. The maximum Gasteiger partial charge on any atom is 0.123 e. The second-order valence-corrected chi connectivity index (χ2v) is 5.88. The summed E-state index contributed by atoms with van der Waals surface area (Å²) in [4.78, 5) is 1.08. The van der Waals surface area contributed by atoms with Crippen LogP contribution >= 0.6 is 22.9 Å². The van der Waals surface area contributed by atoms with Crippen LogP contribution in [0.15, 0.2) is 30.3 Å². The summed E-state index contributed by atoms with van der Waals surface area (Å²) in [7, 11) is 0. The van der Waals surface area contributed by atoms with Gasteiger partial charge in [0.25, 0.3) is 0 Å². The van der Waals surface area contributed by atoms with E-state index >= 15 is 0 Å². The third-order valence-electron chi connectivity index (χ3n) is 2.87. The lowest BCUT2D eigenvalue weighted by Gasteiger charge is -2.15. The van der Waals surface area contributed by atoms with E-state index in [1.807, 2.05) is 19.1 Å². The van der Waals surface area contributed by atoms with Crippen LogP contribution in [-0.2, 0) is 6.42 Å². The Morgan fingerprint density at radius 1 is 1.39 bits per heavy atom. The maximum atomic E-state index is 13.0. The van der Waals surface area contributed by atoms with Crippen LogP contribution in [0, 0.1) is 12.7 Å². The molecule has 0 aliphatic heterocycles. The zero-order chi connectivity index (χ0) is 13.1. The van der Waals surface area contributed by atoms with E-state index in [0.29, 0.717) is 6.42 Å². The molecule has 2 nitrogen and oxygen atoms in total. The Labute approximate surface area is 115 Å². The van der Waals surface area contributed by atoms with Crippen molar-refractivity contribution in [3.05, 3.63) is 56.5 Å². The first-order valence-corrected chi connectivity index (χ1v) is 6.76. The van der Waals surface area contributed by atoms with Gasteiger partial charge < -0.3 is 0 Å². The number of benzene rings is 1. The quantitative estimate of drug-likeness (QED) is 0.665. The fraction of sp³-hybridized carbons (Fsp3) is 0.231. The van der Waals surface area contributed by atoms with Crippen molar-refractivity contribution >= 4 is 22.9 Å². The minimum atomic E-state index is -0.215. The summed E-state index contributed by atoms with van der Waals surface area (Å²) in [6, 6.07) is 8.60. The Bertz CT molecular complexity index is 542. The van der Waals surface area contributed by atoms with Crippen molar-refractivity contribution in [2.24, 2.45) is 5.84 Å². The molecule has 0 aliphatic carbocycles. The molecule has 1 unspecified atom stereocenters. The molecule has 0 saturated carbocycles. The lowest BCUT2D eigenvalue weighted by atomic mass is 10.0. The van der Waals surface area contributed by atoms with Gasteiger partial charge in [0.2, 0.25) is 0 Å². The van der Waals surface area contributed by atoms with Gasteiger partial charge in [-0.05, 0) is 48.7 Å². The van der Waals surface area contributed by atoms with E-state index in [4.69, 9.17) is 17.4 Å². The van der Waals surface area contributed by atoms with Gasteiger partial charge in [0.1, 0.15) is 5.82 Å². The Hall–Kier alpha value is -0.940. The first-order chi connectivity index (χ1) is 8.60. The molecule has 0 radical (unpaired) electrons. The third kappa shape index (κ3) is 3.09. The van der Waals surface area contributed by atoms with Gasteiger partial charge in [-0.15, -0.1) is 11.3 Å². The Morgan fingerprint density at radius 3 is 2.72 bits per heavy atom. The number of thiophene rings is 1. The van der Waals surface area contributed by atoms with Crippen molar-refractivity contribution < 1.29 is 4.39 Å². The molecule has 0 amide bonds. The van der Waals surface area contributed by atoms with E-state index in [1.54, 1.807) is 6.07 Å². The molecule has 0 fully saturated rings. The molecule has 2 aromatic rings. The van der Waals surface area contributed by atoms with E-state index < -0.39 is 0 Å². The standard InChI is InChI=1S/C13H14ClFN2S/c1-8-6-10(15)3-2-9(8)7-11(17-16)12-4-5-13(14)18-12/h2-6,11,17H,7,16H2,1H3. The van der Waals surface area contributed by atoms with Gasteiger partial charge in [-0.3, -0.25) is 11.3 Å². The van der Waals surface area contributed by atoms with Crippen molar-refractivity contribution in [2.75, 3.05) is 0 Å². The van der Waals surface area contributed by atoms with Crippen LogP contribution in [-0.4, -0.2) is 0 Å². The highest BCUT2D eigenvalue weighted by atomic mass is 35.5. The minimum absolute atomic E-state index is 0.00772. The summed E-state index contributed by atoms with van der Waals surface area (Å²) in [5.74, 6) is 5.37. The second-order valence-electron chi connectivity index (χ2n) is 4.14. The molecule has 1 aromatic heterocycles. The fourth-order valence-corrected chi connectivity index (χ4v) is 2.99. The van der Waals surface area contributed by atoms with Crippen LogP contribution in [0.2, 0.25) is 4.34 Å². The molecule has 5 heteroatoms. The Kier molecular flexibility index (Phi) is 4.35. The average Bonchev–Trinajstić information content (AvgIpc) is 2.75. The number of halogens is 2. The molecule has 0 saturated heterocycles. The van der Waals surface area contributed by atoms with Crippen LogP contribution < -0.4 is 11.3 Å². The smallest absolute Gasteiger partial charge is 0.123 e. The van der Waals surface area contributed by atoms with E-state index in [2.05, 4.69) is 5.43 Å². The number of aryl methyl sites for hydroxylation is 1. The van der Waals surface area contributed by atoms with E-state index in [-0.39, 0.29) is 11.9 Å². The van der Waals surface area contributed by atoms with Crippen LogP contribution in [0.4, 0.5) is 4.39 Å². The normalized spacial score (nSPS) is 12.7. The van der Waals surface area contributed by atoms with Crippen molar-refractivity contribution in [3.8, 4) is 0 Å². The number of hydrogen-bond acceptors (Lipinski definition) is 3. The molecular formula is C13H14ClFN2S. The van der Waals surface area contributed by atoms with Crippen molar-refractivity contribution in [1.29, 1.82) is 0 Å². The highest BCUT2D eigenvalue weighted by Crippen LogP contribution is 2.29. The summed E-state index contributed by atoms with van der Waals surface area (Å²) >= 11 is 7.41. The molecule has 0 aliphatic rings. The predicted molar refractivity (Wildman–Crippen MR) is 74.2 cm³/mol. The molecule has 2 rings (SSSR count). The number of hydrazine groups is 1. The van der Waals surface area contributed by atoms with Crippen LogP contribution in [0.1, 0.15) is 22.0 Å². The molecule has 3 N–H and O–H groups in total. The van der Waals surface area contributed by atoms with E-state index in [1.165, 1.54) is 23.5 Å². The van der Waals surface area contributed by atoms with Gasteiger partial charge in [-0.1, -0.05) is 17.7 Å². The highest BCUT2D eigenvalue weighted by Gasteiger charge is 2.14. The summed E-state index contributed by atoms with van der Waals surface area (Å²) < 4.78 is 13.8. The van der Waals surface area contributed by atoms with Crippen LogP contribution in [0.3, 0.4) is 0 Å². The third-order valence-corrected chi connectivity index (χ3v) is 4.21. The first-order valence-electron chi connectivity index (χ1n) is 5.56. The number of nitrogens with two attached hydrogens (primary N) is 1. The molecular weight excluding hydrogens is 271 g/mol.